The Morgan fingerprint density at radius 1 is 1.35 bits per heavy atom. The minimum Gasteiger partial charge on any atom is -0.504 e. The van der Waals surface area contributed by atoms with Crippen LogP contribution in [0.25, 0.3) is 0 Å². The van der Waals surface area contributed by atoms with Gasteiger partial charge in [0.2, 0.25) is 0 Å². The van der Waals surface area contributed by atoms with Crippen LogP contribution in [0.5, 0.6) is 5.75 Å². The van der Waals surface area contributed by atoms with Gasteiger partial charge in [-0.1, -0.05) is 20.8 Å². The Kier molecular flexibility index (Phi) is 5.89. The molecule has 1 aliphatic rings. The highest BCUT2D eigenvalue weighted by atomic mass is 32.2. The molecule has 1 aliphatic heterocycles. The van der Waals surface area contributed by atoms with Gasteiger partial charge in [0.15, 0.2) is 17.4 Å². The monoisotopic (exact) mass is 467 g/mol. The zero-order valence-electron chi connectivity index (χ0n) is 18.0. The third kappa shape index (κ3) is 4.90. The van der Waals surface area contributed by atoms with Gasteiger partial charge < -0.3 is 19.7 Å². The lowest BCUT2D eigenvalue weighted by atomic mass is 9.85. The van der Waals surface area contributed by atoms with Crippen LogP contribution in [0, 0.1) is 12.3 Å². The number of aliphatic imine (C=N–C) groups is 1. The van der Waals surface area contributed by atoms with E-state index in [9.17, 15) is 18.3 Å². The van der Waals surface area contributed by atoms with Crippen LogP contribution in [0.1, 0.15) is 48.0 Å². The number of rotatable bonds is 4. The number of amides is 1. The molecule has 3 heterocycles. The van der Waals surface area contributed by atoms with Gasteiger partial charge >= 0.3 is 10.2 Å². The predicted octanol–water partition coefficient (Wildman–Crippen LogP) is 2.90. The molecule has 12 heteroatoms. The summed E-state index contributed by atoms with van der Waals surface area (Å²) < 4.78 is 36.0. The fourth-order valence-electron chi connectivity index (χ4n) is 2.86. The highest BCUT2D eigenvalue weighted by Crippen LogP contribution is 2.38. The summed E-state index contributed by atoms with van der Waals surface area (Å²) in [7, 11) is -0.869. The number of aromatic hydroxyl groups is 1. The Balaban J connectivity index is 1.99. The summed E-state index contributed by atoms with van der Waals surface area (Å²) in [5.41, 5.74) is -0.242. The molecule has 3 N–H and O–H groups in total. The van der Waals surface area contributed by atoms with Crippen LogP contribution in [-0.2, 0) is 10.2 Å². The third-order valence-corrected chi connectivity index (χ3v) is 6.22. The number of hydrogen-bond donors (Lipinski definition) is 3. The molecule has 0 fully saturated rings. The fourth-order valence-corrected chi connectivity index (χ4v) is 4.59. The molecule has 0 unspecified atom stereocenters. The molecule has 0 radical (unpaired) electrons. The van der Waals surface area contributed by atoms with Crippen LogP contribution in [0.2, 0.25) is 0 Å². The second kappa shape index (κ2) is 8.00. The largest absolute Gasteiger partial charge is 0.504 e. The van der Waals surface area contributed by atoms with E-state index < -0.39 is 21.7 Å². The minimum absolute atomic E-state index is 0.0138. The Bertz CT molecular complexity index is 1170. The van der Waals surface area contributed by atoms with Gasteiger partial charge in [-0.25, -0.2) is 4.72 Å². The molecule has 168 valence electrons. The van der Waals surface area contributed by atoms with E-state index in [0.717, 1.165) is 11.3 Å². The quantitative estimate of drug-likeness (QED) is 0.632. The van der Waals surface area contributed by atoms with Gasteiger partial charge in [-0.2, -0.15) is 8.42 Å². The number of nitrogens with zero attached hydrogens (tertiary/aromatic N) is 3. The Labute approximate surface area is 184 Å². The fraction of sp³-hybridized carbons (Fsp3) is 0.421. The number of aryl methyl sites for hydroxylation is 1. The maximum absolute atomic E-state index is 12.2. The summed E-state index contributed by atoms with van der Waals surface area (Å²) >= 11 is 1.03. The summed E-state index contributed by atoms with van der Waals surface area (Å²) in [6.45, 7) is 7.68. The molecule has 2 aromatic heterocycles. The molecule has 1 amide bonds. The van der Waals surface area contributed by atoms with Crippen molar-refractivity contribution in [2.24, 2.45) is 14.8 Å². The molecule has 0 spiro atoms. The normalized spacial score (nSPS) is 17.9. The number of carbonyl (C=O) groups is 1. The number of carbonyl (C=O) groups excluding carboxylic acids is 1. The predicted molar refractivity (Wildman–Crippen MR) is 120 cm³/mol. The van der Waals surface area contributed by atoms with Gasteiger partial charge in [0.05, 0.1) is 5.69 Å². The topological polar surface area (TPSA) is 137 Å². The first-order valence-electron chi connectivity index (χ1n) is 9.35. The van der Waals surface area contributed by atoms with E-state index in [-0.39, 0.29) is 33.9 Å². The smallest absolute Gasteiger partial charge is 0.345 e. The maximum Gasteiger partial charge on any atom is 0.345 e. The van der Waals surface area contributed by atoms with Crippen LogP contribution in [0.15, 0.2) is 31.3 Å². The van der Waals surface area contributed by atoms with Crippen LogP contribution < -0.4 is 10.0 Å². The molecule has 3 rings (SSSR count). The zero-order chi connectivity index (χ0) is 23.1. The SMILES string of the molecule is Cc1ccc([C@H](N=C2NS(=O)(=O)N=C2Nc2csc(C(=O)N(C)C)c2O)C(C)(C)C)o1. The van der Waals surface area contributed by atoms with Crippen molar-refractivity contribution in [3.05, 3.63) is 33.9 Å². The van der Waals surface area contributed by atoms with Gasteiger partial charge in [0.1, 0.15) is 22.4 Å². The lowest BCUT2D eigenvalue weighted by Crippen LogP contribution is -2.32. The Morgan fingerprint density at radius 3 is 2.58 bits per heavy atom. The summed E-state index contributed by atoms with van der Waals surface area (Å²) in [6.07, 6.45) is 0. The second-order valence-electron chi connectivity index (χ2n) is 8.36. The number of anilines is 1. The second-order valence-corrected chi connectivity index (χ2v) is 10.6. The molecule has 31 heavy (non-hydrogen) atoms. The van der Waals surface area contributed by atoms with E-state index in [1.165, 1.54) is 10.3 Å². The van der Waals surface area contributed by atoms with E-state index in [2.05, 4.69) is 19.4 Å². The molecule has 0 aliphatic carbocycles. The lowest BCUT2D eigenvalue weighted by Gasteiger charge is -2.26. The van der Waals surface area contributed by atoms with Crippen molar-refractivity contribution >= 4 is 44.8 Å². The number of furan rings is 1. The molecule has 1 atom stereocenters. The lowest BCUT2D eigenvalue weighted by molar-refractivity contribution is 0.0829. The summed E-state index contributed by atoms with van der Waals surface area (Å²) in [5.74, 6) is 0.535. The van der Waals surface area contributed by atoms with Gasteiger partial charge in [0, 0.05) is 19.5 Å². The van der Waals surface area contributed by atoms with E-state index in [4.69, 9.17) is 4.42 Å². The first-order valence-corrected chi connectivity index (χ1v) is 11.7. The van der Waals surface area contributed by atoms with Crippen LogP contribution in [0.3, 0.4) is 0 Å². The molecule has 2 aromatic rings. The molecule has 0 saturated heterocycles. The Hall–Kier alpha value is -2.86. The molecule has 0 aromatic carbocycles. The zero-order valence-corrected chi connectivity index (χ0v) is 19.7. The average Bonchev–Trinajstić information content (AvgIpc) is 3.29. The van der Waals surface area contributed by atoms with Crippen LogP contribution >= 0.6 is 11.3 Å². The number of nitrogens with one attached hydrogen (secondary N) is 2. The summed E-state index contributed by atoms with van der Waals surface area (Å²) in [6, 6.07) is 3.10. The third-order valence-electron chi connectivity index (χ3n) is 4.39. The number of thiophene rings is 1. The first-order chi connectivity index (χ1) is 14.3. The van der Waals surface area contributed by atoms with Crippen molar-refractivity contribution in [1.82, 2.24) is 9.62 Å². The van der Waals surface area contributed by atoms with E-state index in [0.29, 0.717) is 11.5 Å². The first kappa shape index (κ1) is 22.8. The molecule has 0 saturated carbocycles. The van der Waals surface area contributed by atoms with Gasteiger partial charge in [-0.05, 0) is 24.5 Å². The van der Waals surface area contributed by atoms with Crippen LogP contribution in [0.4, 0.5) is 5.69 Å². The van der Waals surface area contributed by atoms with E-state index >= 15 is 0 Å². The standard InChI is InChI=1S/C19H25N5O5S2/c1-10-7-8-12(29-10)15(19(2,3)4)21-17-16(22-31(27,28)23-17)20-11-9-30-14(13(11)25)18(26)24(5)6/h7-9,15,25H,1-6H3,(H,20,22)(H,21,23)/t15-/m0/s1. The van der Waals surface area contributed by atoms with Crippen molar-refractivity contribution in [3.8, 4) is 5.75 Å². The van der Waals surface area contributed by atoms with Gasteiger partial charge in [-0.15, -0.1) is 15.7 Å². The summed E-state index contributed by atoms with van der Waals surface area (Å²) in [5, 5.41) is 14.7. The van der Waals surface area contributed by atoms with Gasteiger partial charge in [-0.3, -0.25) is 9.79 Å². The van der Waals surface area contributed by atoms with Crippen molar-refractivity contribution in [2.45, 2.75) is 33.7 Å². The Morgan fingerprint density at radius 2 is 2.03 bits per heavy atom. The molecule has 10 nitrogen and oxygen atoms in total. The highest BCUT2D eigenvalue weighted by molar-refractivity contribution is 7.89. The number of amidine groups is 2. The van der Waals surface area contributed by atoms with E-state index in [1.807, 2.05) is 33.8 Å². The van der Waals surface area contributed by atoms with Gasteiger partial charge in [0.25, 0.3) is 5.91 Å². The van der Waals surface area contributed by atoms with Crippen molar-refractivity contribution in [3.63, 3.8) is 0 Å². The van der Waals surface area contributed by atoms with Crippen molar-refractivity contribution in [2.75, 3.05) is 19.4 Å². The molecular weight excluding hydrogens is 442 g/mol. The molecular formula is C19H25N5O5S2. The van der Waals surface area contributed by atoms with Crippen molar-refractivity contribution < 1.29 is 22.7 Å². The van der Waals surface area contributed by atoms with Crippen molar-refractivity contribution in [1.29, 1.82) is 0 Å². The minimum atomic E-state index is -4.01. The summed E-state index contributed by atoms with van der Waals surface area (Å²) in [4.78, 5) is 18.2. The average molecular weight is 468 g/mol. The maximum atomic E-state index is 12.2. The molecule has 0 bridgehead atoms. The number of hydrogen-bond acceptors (Lipinski definition) is 8. The van der Waals surface area contributed by atoms with Crippen LogP contribution in [-0.4, -0.2) is 50.1 Å². The highest BCUT2D eigenvalue weighted by Gasteiger charge is 2.34. The van der Waals surface area contributed by atoms with E-state index in [1.54, 1.807) is 20.2 Å².